The van der Waals surface area contributed by atoms with Gasteiger partial charge in [0.25, 0.3) is 0 Å². The van der Waals surface area contributed by atoms with Gasteiger partial charge in [0, 0.05) is 18.7 Å². The van der Waals surface area contributed by atoms with Gasteiger partial charge in [-0.15, -0.1) is 0 Å². The second-order valence-corrected chi connectivity index (χ2v) is 3.83. The fraction of sp³-hybridized carbons (Fsp3) is 1.00. The normalized spacial score (nSPS) is 18.9. The summed E-state index contributed by atoms with van der Waals surface area (Å²) in [6.07, 6.45) is 4.55. The minimum atomic E-state index is 0.0636. The smallest absolute Gasteiger partial charge is 0.0613 e. The third-order valence-corrected chi connectivity index (χ3v) is 2.54. The Kier molecular flexibility index (Phi) is 4.70. The zero-order valence-electron chi connectivity index (χ0n) is 8.51. The fourth-order valence-corrected chi connectivity index (χ4v) is 1.28. The van der Waals surface area contributed by atoms with E-state index in [0.717, 1.165) is 39.0 Å². The van der Waals surface area contributed by atoms with E-state index in [2.05, 4.69) is 12.2 Å². The molecule has 1 saturated carbocycles. The van der Waals surface area contributed by atoms with Crippen LogP contribution >= 0.6 is 0 Å². The lowest BCUT2D eigenvalue weighted by Crippen LogP contribution is -2.37. The van der Waals surface area contributed by atoms with Crippen LogP contribution in [0, 0.1) is 0 Å². The van der Waals surface area contributed by atoms with Crippen LogP contribution in [0.25, 0.3) is 0 Å². The number of aliphatic hydroxyl groups is 1. The molecule has 1 fully saturated rings. The van der Waals surface area contributed by atoms with Crippen LogP contribution in [0.15, 0.2) is 0 Å². The fourth-order valence-electron chi connectivity index (χ4n) is 1.28. The lowest BCUT2D eigenvalue weighted by atomic mass is 10.3. The van der Waals surface area contributed by atoms with Crippen molar-refractivity contribution in [2.24, 2.45) is 0 Å². The van der Waals surface area contributed by atoms with Crippen molar-refractivity contribution in [3.8, 4) is 0 Å². The number of hydrogen-bond donors (Lipinski definition) is 2. The molecule has 0 unspecified atom stereocenters. The Morgan fingerprint density at radius 1 is 1.38 bits per heavy atom. The van der Waals surface area contributed by atoms with Crippen molar-refractivity contribution < 1.29 is 9.84 Å². The maximum atomic E-state index is 8.99. The van der Waals surface area contributed by atoms with Gasteiger partial charge in [-0.25, -0.2) is 0 Å². The van der Waals surface area contributed by atoms with E-state index in [1.54, 1.807) is 0 Å². The van der Waals surface area contributed by atoms with Gasteiger partial charge < -0.3 is 15.2 Å². The Morgan fingerprint density at radius 3 is 2.69 bits per heavy atom. The number of rotatable bonds is 8. The first-order valence-corrected chi connectivity index (χ1v) is 5.26. The molecule has 0 aromatic heterocycles. The van der Waals surface area contributed by atoms with Gasteiger partial charge in [0.1, 0.15) is 0 Å². The van der Waals surface area contributed by atoms with E-state index >= 15 is 0 Å². The molecule has 2 N–H and O–H groups in total. The largest absolute Gasteiger partial charge is 0.394 e. The van der Waals surface area contributed by atoms with Crippen LogP contribution in [-0.4, -0.2) is 37.0 Å². The van der Waals surface area contributed by atoms with Crippen molar-refractivity contribution in [1.82, 2.24) is 5.32 Å². The Labute approximate surface area is 80.5 Å². The maximum Gasteiger partial charge on any atom is 0.0613 e. The monoisotopic (exact) mass is 187 g/mol. The third-order valence-electron chi connectivity index (χ3n) is 2.54. The van der Waals surface area contributed by atoms with Crippen molar-refractivity contribution in [2.45, 2.75) is 38.1 Å². The second-order valence-electron chi connectivity index (χ2n) is 3.83. The molecule has 1 aliphatic rings. The molecular formula is C10H21NO2. The number of aliphatic hydroxyl groups excluding tert-OH is 1. The van der Waals surface area contributed by atoms with E-state index in [1.165, 1.54) is 6.42 Å². The van der Waals surface area contributed by atoms with Crippen molar-refractivity contribution in [1.29, 1.82) is 0 Å². The summed E-state index contributed by atoms with van der Waals surface area (Å²) >= 11 is 0. The average Bonchev–Trinajstić information content (AvgIpc) is 2.92. The minimum Gasteiger partial charge on any atom is -0.394 e. The predicted molar refractivity (Wildman–Crippen MR) is 52.8 cm³/mol. The summed E-state index contributed by atoms with van der Waals surface area (Å²) in [5.41, 5.74) is 0.0636. The van der Waals surface area contributed by atoms with Crippen LogP contribution in [0.3, 0.4) is 0 Å². The summed E-state index contributed by atoms with van der Waals surface area (Å²) in [5, 5.41) is 12.3. The third kappa shape index (κ3) is 4.07. The molecule has 1 aliphatic carbocycles. The lowest BCUT2D eigenvalue weighted by Gasteiger charge is -2.13. The molecule has 0 radical (unpaired) electrons. The molecule has 1 rings (SSSR count). The molecule has 0 aliphatic heterocycles. The maximum absolute atomic E-state index is 8.99. The lowest BCUT2D eigenvalue weighted by molar-refractivity contribution is 0.125. The van der Waals surface area contributed by atoms with Gasteiger partial charge in [-0.1, -0.05) is 13.3 Å². The first-order valence-electron chi connectivity index (χ1n) is 5.26. The van der Waals surface area contributed by atoms with Crippen molar-refractivity contribution in [2.75, 3.05) is 26.4 Å². The SMILES string of the molecule is CCCCOCCNC1(CO)CC1. The van der Waals surface area contributed by atoms with Crippen molar-refractivity contribution in [3.05, 3.63) is 0 Å². The van der Waals surface area contributed by atoms with E-state index in [4.69, 9.17) is 9.84 Å². The molecule has 3 heteroatoms. The number of nitrogens with one attached hydrogen (secondary N) is 1. The zero-order valence-corrected chi connectivity index (χ0v) is 8.51. The first-order chi connectivity index (χ1) is 6.33. The van der Waals surface area contributed by atoms with Gasteiger partial charge in [0.15, 0.2) is 0 Å². The van der Waals surface area contributed by atoms with Gasteiger partial charge in [-0.2, -0.15) is 0 Å². The summed E-state index contributed by atoms with van der Waals surface area (Å²) in [6.45, 7) is 4.92. The average molecular weight is 187 g/mol. The molecule has 0 bridgehead atoms. The molecule has 0 atom stereocenters. The number of ether oxygens (including phenoxy) is 1. The molecule has 0 aromatic carbocycles. The van der Waals surface area contributed by atoms with Gasteiger partial charge >= 0.3 is 0 Å². The molecule has 13 heavy (non-hydrogen) atoms. The van der Waals surface area contributed by atoms with Gasteiger partial charge in [-0.05, 0) is 19.3 Å². The van der Waals surface area contributed by atoms with E-state index in [9.17, 15) is 0 Å². The van der Waals surface area contributed by atoms with E-state index in [1.807, 2.05) is 0 Å². The molecule has 0 amide bonds. The highest BCUT2D eigenvalue weighted by molar-refractivity contribution is 5.01. The van der Waals surface area contributed by atoms with E-state index in [0.29, 0.717) is 0 Å². The second kappa shape index (κ2) is 5.58. The number of hydrogen-bond acceptors (Lipinski definition) is 3. The minimum absolute atomic E-state index is 0.0636. The van der Waals surface area contributed by atoms with Crippen LogP contribution in [0.2, 0.25) is 0 Å². The van der Waals surface area contributed by atoms with Crippen LogP contribution in [0.4, 0.5) is 0 Å². The molecule has 3 nitrogen and oxygen atoms in total. The summed E-state index contributed by atoms with van der Waals surface area (Å²) in [4.78, 5) is 0. The molecule has 0 saturated heterocycles. The Morgan fingerprint density at radius 2 is 2.15 bits per heavy atom. The van der Waals surface area contributed by atoms with E-state index < -0.39 is 0 Å². The van der Waals surface area contributed by atoms with Crippen molar-refractivity contribution >= 4 is 0 Å². The summed E-state index contributed by atoms with van der Waals surface area (Å²) in [5.74, 6) is 0. The Bertz CT molecular complexity index is 135. The Hall–Kier alpha value is -0.120. The molecule has 78 valence electrons. The van der Waals surface area contributed by atoms with Gasteiger partial charge in [-0.3, -0.25) is 0 Å². The van der Waals surface area contributed by atoms with Crippen molar-refractivity contribution in [3.63, 3.8) is 0 Å². The van der Waals surface area contributed by atoms with Crippen LogP contribution in [0.1, 0.15) is 32.6 Å². The highest BCUT2D eigenvalue weighted by Crippen LogP contribution is 2.34. The van der Waals surface area contributed by atoms with Gasteiger partial charge in [0.2, 0.25) is 0 Å². The van der Waals surface area contributed by atoms with Crippen LogP contribution in [-0.2, 0) is 4.74 Å². The molecular weight excluding hydrogens is 166 g/mol. The standard InChI is InChI=1S/C10H21NO2/c1-2-3-7-13-8-6-11-10(9-12)4-5-10/h11-12H,2-9H2,1H3. The summed E-state index contributed by atoms with van der Waals surface area (Å²) in [7, 11) is 0. The quantitative estimate of drug-likeness (QED) is 0.555. The molecule has 0 spiro atoms. The molecule has 0 aromatic rings. The highest BCUT2D eigenvalue weighted by atomic mass is 16.5. The van der Waals surface area contributed by atoms with Crippen LogP contribution in [0.5, 0.6) is 0 Å². The van der Waals surface area contributed by atoms with Crippen LogP contribution < -0.4 is 5.32 Å². The van der Waals surface area contributed by atoms with Gasteiger partial charge in [0.05, 0.1) is 13.2 Å². The first kappa shape index (κ1) is 11.0. The summed E-state index contributed by atoms with van der Waals surface area (Å²) < 4.78 is 5.40. The summed E-state index contributed by atoms with van der Waals surface area (Å²) in [6, 6.07) is 0. The number of unbranched alkanes of at least 4 members (excludes halogenated alkanes) is 1. The Balaban J connectivity index is 1.84. The molecule has 0 heterocycles. The van der Waals surface area contributed by atoms with E-state index in [-0.39, 0.29) is 12.1 Å². The topological polar surface area (TPSA) is 41.5 Å². The predicted octanol–water partition coefficient (Wildman–Crippen LogP) is 0.918. The highest BCUT2D eigenvalue weighted by Gasteiger charge is 2.41. The zero-order chi connectivity index (χ0) is 9.57.